The fourth-order valence-electron chi connectivity index (χ4n) is 3.53. The molecule has 3 heterocycles. The standard InChI is InChI=1S/C20H21BrN4OS/c21-15-3-4-18-17(12-15)19(24-13-23-18)25-9-6-14(7-10-25)20(26)22-8-5-16-2-1-11-27-16/h1-4,11-14H,5-10H2,(H,22,26). The van der Waals surface area contributed by atoms with Gasteiger partial charge in [0.25, 0.3) is 0 Å². The molecule has 0 bridgehead atoms. The van der Waals surface area contributed by atoms with E-state index in [0.29, 0.717) is 6.54 Å². The fourth-order valence-corrected chi connectivity index (χ4v) is 4.60. The Morgan fingerprint density at radius 3 is 2.89 bits per heavy atom. The molecule has 5 nitrogen and oxygen atoms in total. The summed E-state index contributed by atoms with van der Waals surface area (Å²) in [5, 5.41) is 6.22. The Morgan fingerprint density at radius 1 is 1.26 bits per heavy atom. The molecule has 0 atom stereocenters. The molecule has 1 aromatic carbocycles. The first kappa shape index (κ1) is 18.4. The van der Waals surface area contributed by atoms with Crippen molar-refractivity contribution in [3.8, 4) is 0 Å². The van der Waals surface area contributed by atoms with E-state index in [1.165, 1.54) is 4.88 Å². The number of rotatable bonds is 5. The number of nitrogens with one attached hydrogen (secondary N) is 1. The average Bonchev–Trinajstić information content (AvgIpc) is 3.21. The van der Waals surface area contributed by atoms with Crippen LogP contribution in [0.25, 0.3) is 10.9 Å². The Labute approximate surface area is 171 Å². The normalized spacial score (nSPS) is 15.2. The number of thiophene rings is 1. The third-order valence-electron chi connectivity index (χ3n) is 4.99. The van der Waals surface area contributed by atoms with Gasteiger partial charge in [0.15, 0.2) is 0 Å². The second-order valence-corrected chi connectivity index (χ2v) is 8.69. The van der Waals surface area contributed by atoms with E-state index in [9.17, 15) is 4.79 Å². The van der Waals surface area contributed by atoms with Crippen LogP contribution in [-0.2, 0) is 11.2 Å². The minimum atomic E-state index is 0.0874. The number of piperidine rings is 1. The van der Waals surface area contributed by atoms with Gasteiger partial charge < -0.3 is 10.2 Å². The Morgan fingerprint density at radius 2 is 2.11 bits per heavy atom. The van der Waals surface area contributed by atoms with Crippen molar-refractivity contribution in [1.29, 1.82) is 0 Å². The molecule has 1 amide bonds. The fraction of sp³-hybridized carbons (Fsp3) is 0.350. The predicted molar refractivity (Wildman–Crippen MR) is 113 cm³/mol. The first-order chi connectivity index (χ1) is 13.2. The average molecular weight is 445 g/mol. The largest absolute Gasteiger partial charge is 0.356 e. The van der Waals surface area contributed by atoms with Crippen molar-refractivity contribution in [2.45, 2.75) is 19.3 Å². The second-order valence-electron chi connectivity index (χ2n) is 6.74. The maximum atomic E-state index is 12.5. The molecule has 1 aliphatic rings. The molecule has 1 saturated heterocycles. The molecule has 0 unspecified atom stereocenters. The van der Waals surface area contributed by atoms with Crippen molar-refractivity contribution < 1.29 is 4.79 Å². The first-order valence-electron chi connectivity index (χ1n) is 9.16. The van der Waals surface area contributed by atoms with Gasteiger partial charge in [0, 0.05) is 40.3 Å². The summed E-state index contributed by atoms with van der Waals surface area (Å²) in [5.41, 5.74) is 0.941. The number of amides is 1. The number of benzene rings is 1. The van der Waals surface area contributed by atoms with Crippen LogP contribution >= 0.6 is 27.3 Å². The zero-order valence-corrected chi connectivity index (χ0v) is 17.3. The van der Waals surface area contributed by atoms with Crippen molar-refractivity contribution in [1.82, 2.24) is 15.3 Å². The minimum Gasteiger partial charge on any atom is -0.356 e. The van der Waals surface area contributed by atoms with Crippen molar-refractivity contribution in [2.75, 3.05) is 24.5 Å². The van der Waals surface area contributed by atoms with E-state index in [2.05, 4.69) is 53.6 Å². The van der Waals surface area contributed by atoms with Crippen molar-refractivity contribution in [3.63, 3.8) is 0 Å². The van der Waals surface area contributed by atoms with Gasteiger partial charge in [-0.05, 0) is 48.9 Å². The van der Waals surface area contributed by atoms with Crippen molar-refractivity contribution in [3.05, 3.63) is 51.4 Å². The van der Waals surface area contributed by atoms with Crippen LogP contribution in [0.3, 0.4) is 0 Å². The van der Waals surface area contributed by atoms with Crippen LogP contribution in [0.15, 0.2) is 46.5 Å². The van der Waals surface area contributed by atoms with Gasteiger partial charge in [0.05, 0.1) is 5.52 Å². The molecule has 140 valence electrons. The second kappa shape index (κ2) is 8.35. The molecule has 0 radical (unpaired) electrons. The monoisotopic (exact) mass is 444 g/mol. The molecule has 3 aromatic rings. The molecular formula is C20H21BrN4OS. The maximum absolute atomic E-state index is 12.5. The number of anilines is 1. The van der Waals surface area contributed by atoms with Crippen LogP contribution in [0.5, 0.6) is 0 Å². The summed E-state index contributed by atoms with van der Waals surface area (Å²) >= 11 is 5.27. The van der Waals surface area contributed by atoms with E-state index in [4.69, 9.17) is 0 Å². The van der Waals surface area contributed by atoms with Gasteiger partial charge in [-0.15, -0.1) is 11.3 Å². The minimum absolute atomic E-state index is 0.0874. The summed E-state index contributed by atoms with van der Waals surface area (Å²) in [6.07, 6.45) is 4.23. The smallest absolute Gasteiger partial charge is 0.223 e. The number of carbonyl (C=O) groups excluding carboxylic acids is 1. The van der Waals surface area contributed by atoms with Gasteiger partial charge in [-0.2, -0.15) is 0 Å². The van der Waals surface area contributed by atoms with Gasteiger partial charge in [-0.25, -0.2) is 9.97 Å². The Bertz CT molecular complexity index is 923. The molecule has 0 spiro atoms. The van der Waals surface area contributed by atoms with Gasteiger partial charge in [-0.1, -0.05) is 22.0 Å². The lowest BCUT2D eigenvalue weighted by atomic mass is 9.95. The third kappa shape index (κ3) is 4.30. The summed E-state index contributed by atoms with van der Waals surface area (Å²) in [5.74, 6) is 1.23. The van der Waals surface area contributed by atoms with E-state index in [1.54, 1.807) is 17.7 Å². The van der Waals surface area contributed by atoms with Crippen LogP contribution in [0, 0.1) is 5.92 Å². The summed E-state index contributed by atoms with van der Waals surface area (Å²) in [7, 11) is 0. The number of halogens is 1. The molecule has 1 fully saturated rings. The predicted octanol–water partition coefficient (Wildman–Crippen LogP) is 4.03. The molecule has 2 aromatic heterocycles. The van der Waals surface area contributed by atoms with Crippen molar-refractivity contribution in [2.24, 2.45) is 5.92 Å². The van der Waals surface area contributed by atoms with E-state index < -0.39 is 0 Å². The quantitative estimate of drug-likeness (QED) is 0.645. The Hall–Kier alpha value is -1.99. The lowest BCUT2D eigenvalue weighted by Gasteiger charge is -2.32. The van der Waals surface area contributed by atoms with E-state index in [0.717, 1.165) is 53.5 Å². The number of hydrogen-bond donors (Lipinski definition) is 1. The maximum Gasteiger partial charge on any atom is 0.223 e. The molecule has 0 aliphatic carbocycles. The molecule has 0 saturated carbocycles. The summed E-state index contributed by atoms with van der Waals surface area (Å²) in [6, 6.07) is 10.2. The Kier molecular flexibility index (Phi) is 5.69. The van der Waals surface area contributed by atoms with Gasteiger partial charge in [0.2, 0.25) is 5.91 Å². The SMILES string of the molecule is O=C(NCCc1cccs1)C1CCN(c2ncnc3ccc(Br)cc23)CC1. The highest BCUT2D eigenvalue weighted by Gasteiger charge is 2.26. The third-order valence-corrected chi connectivity index (χ3v) is 6.42. The lowest BCUT2D eigenvalue weighted by molar-refractivity contribution is -0.125. The highest BCUT2D eigenvalue weighted by Crippen LogP contribution is 2.29. The summed E-state index contributed by atoms with van der Waals surface area (Å²) in [4.78, 5) is 24.9. The number of nitrogens with zero attached hydrogens (tertiary/aromatic N) is 3. The van der Waals surface area contributed by atoms with Crippen LogP contribution < -0.4 is 10.2 Å². The molecular weight excluding hydrogens is 424 g/mol. The highest BCUT2D eigenvalue weighted by atomic mass is 79.9. The number of hydrogen-bond acceptors (Lipinski definition) is 5. The van der Waals surface area contributed by atoms with Gasteiger partial charge in [-0.3, -0.25) is 4.79 Å². The van der Waals surface area contributed by atoms with Crippen LogP contribution in [0.4, 0.5) is 5.82 Å². The zero-order chi connectivity index (χ0) is 18.6. The highest BCUT2D eigenvalue weighted by molar-refractivity contribution is 9.10. The lowest BCUT2D eigenvalue weighted by Crippen LogP contribution is -2.41. The van der Waals surface area contributed by atoms with Crippen LogP contribution in [-0.4, -0.2) is 35.5 Å². The van der Waals surface area contributed by atoms with E-state index in [-0.39, 0.29) is 11.8 Å². The number of fused-ring (bicyclic) bond motifs is 1. The van der Waals surface area contributed by atoms with Crippen molar-refractivity contribution >= 4 is 49.9 Å². The summed E-state index contributed by atoms with van der Waals surface area (Å²) < 4.78 is 1.02. The molecule has 7 heteroatoms. The zero-order valence-electron chi connectivity index (χ0n) is 14.9. The molecule has 1 N–H and O–H groups in total. The number of aromatic nitrogens is 2. The molecule has 27 heavy (non-hydrogen) atoms. The van der Waals surface area contributed by atoms with Crippen LogP contribution in [0.2, 0.25) is 0 Å². The van der Waals surface area contributed by atoms with Gasteiger partial charge >= 0.3 is 0 Å². The van der Waals surface area contributed by atoms with Gasteiger partial charge in [0.1, 0.15) is 12.1 Å². The van der Waals surface area contributed by atoms with Crippen LogP contribution in [0.1, 0.15) is 17.7 Å². The molecule has 4 rings (SSSR count). The first-order valence-corrected chi connectivity index (χ1v) is 10.8. The van der Waals surface area contributed by atoms with E-state index >= 15 is 0 Å². The summed E-state index contributed by atoms with van der Waals surface area (Å²) in [6.45, 7) is 2.38. The van der Waals surface area contributed by atoms with E-state index in [1.807, 2.05) is 18.2 Å². The topological polar surface area (TPSA) is 58.1 Å². The Balaban J connectivity index is 1.35. The number of carbonyl (C=O) groups is 1. The molecule has 1 aliphatic heterocycles.